The Balaban J connectivity index is 1.06. The Morgan fingerprint density at radius 3 is 2.30 bits per heavy atom. The van der Waals surface area contributed by atoms with Gasteiger partial charge in [0, 0.05) is 62.1 Å². The van der Waals surface area contributed by atoms with Crippen molar-refractivity contribution in [2.45, 2.75) is 62.1 Å². The van der Waals surface area contributed by atoms with Gasteiger partial charge in [-0.15, -0.1) is 0 Å². The van der Waals surface area contributed by atoms with Crippen molar-refractivity contribution in [1.82, 2.24) is 14.6 Å². The lowest BCUT2D eigenvalue weighted by Crippen LogP contribution is -2.50. The zero-order valence-corrected chi connectivity index (χ0v) is 27.3. The molecule has 3 aliphatic rings. The van der Waals surface area contributed by atoms with Gasteiger partial charge in [-0.05, 0) is 28.8 Å². The van der Waals surface area contributed by atoms with Crippen LogP contribution in [0.1, 0.15) is 54.4 Å². The second kappa shape index (κ2) is 13.7. The van der Waals surface area contributed by atoms with Crippen LogP contribution >= 0.6 is 0 Å². The van der Waals surface area contributed by atoms with E-state index >= 15 is 0 Å². The summed E-state index contributed by atoms with van der Waals surface area (Å²) in [5.41, 5.74) is 3.99. The number of nitrogens with zero attached hydrogens (tertiary/aromatic N) is 2. The van der Waals surface area contributed by atoms with Crippen molar-refractivity contribution in [3.8, 4) is 0 Å². The SMILES string of the molecule is C[C@H]1[C@@H](CN2CCC3(CC2)OCCO3)OC(c2ccc(CNS(=O)(=O)c3cccc4cccnc34)cc2)O[C@H]1c1ccc(CO)cc1. The summed E-state index contributed by atoms with van der Waals surface area (Å²) in [4.78, 5) is 6.87. The van der Waals surface area contributed by atoms with Crippen molar-refractivity contribution in [1.29, 1.82) is 0 Å². The number of benzene rings is 3. The molecule has 0 amide bonds. The number of hydrogen-bond donors (Lipinski definition) is 2. The number of aromatic nitrogens is 1. The van der Waals surface area contributed by atoms with Gasteiger partial charge >= 0.3 is 0 Å². The fourth-order valence-corrected chi connectivity index (χ4v) is 7.98. The molecule has 2 N–H and O–H groups in total. The lowest BCUT2D eigenvalue weighted by molar-refractivity contribution is -0.278. The fourth-order valence-electron chi connectivity index (χ4n) is 6.79. The highest BCUT2D eigenvalue weighted by Crippen LogP contribution is 2.42. The molecule has 10 nitrogen and oxygen atoms in total. The van der Waals surface area contributed by atoms with Crippen LogP contribution in [-0.2, 0) is 42.1 Å². The van der Waals surface area contributed by atoms with E-state index in [4.69, 9.17) is 18.9 Å². The van der Waals surface area contributed by atoms with Crippen molar-refractivity contribution < 1.29 is 32.5 Å². The van der Waals surface area contributed by atoms with E-state index in [1.54, 1.807) is 24.4 Å². The number of para-hydroxylation sites is 1. The van der Waals surface area contributed by atoms with Gasteiger partial charge in [0.05, 0.1) is 37.5 Å². The molecule has 4 atom stereocenters. The van der Waals surface area contributed by atoms with E-state index in [0.717, 1.165) is 60.1 Å². The Morgan fingerprint density at radius 1 is 0.894 bits per heavy atom. The first-order chi connectivity index (χ1) is 22.8. The van der Waals surface area contributed by atoms with Crippen LogP contribution in [0, 0.1) is 5.92 Å². The Hall–Kier alpha value is -3.26. The number of rotatable bonds is 9. The van der Waals surface area contributed by atoms with Gasteiger partial charge in [0.1, 0.15) is 4.90 Å². The molecule has 3 saturated heterocycles. The van der Waals surface area contributed by atoms with Gasteiger partial charge < -0.3 is 29.0 Å². The molecule has 47 heavy (non-hydrogen) atoms. The van der Waals surface area contributed by atoms with Gasteiger partial charge in [0.25, 0.3) is 0 Å². The van der Waals surface area contributed by atoms with E-state index < -0.39 is 22.1 Å². The Kier molecular flexibility index (Phi) is 9.41. The predicted octanol–water partition coefficient (Wildman–Crippen LogP) is 4.84. The standard InChI is InChI=1S/C36H41N3O7S/c1-25-31(23-39-18-15-36(16-19-39)43-20-21-44-36)45-35(46-34(25)29-11-9-27(24-40)10-12-29)30-13-7-26(8-14-30)22-38-47(41,42)32-6-2-4-28-5-3-17-37-33(28)32/h2-14,17,25,31,34-35,38,40H,15-16,18-24H2,1H3/t25-,31+,34+,35?/m0/s1. The van der Waals surface area contributed by atoms with E-state index in [1.807, 2.05) is 60.7 Å². The number of sulfonamides is 1. The normalized spacial score (nSPS) is 25.0. The molecular formula is C36H41N3O7S. The highest BCUT2D eigenvalue weighted by atomic mass is 32.2. The molecular weight excluding hydrogens is 618 g/mol. The molecule has 248 valence electrons. The zero-order chi connectivity index (χ0) is 32.4. The Morgan fingerprint density at radius 2 is 1.57 bits per heavy atom. The summed E-state index contributed by atoms with van der Waals surface area (Å²) < 4.78 is 54.3. The first-order valence-corrected chi connectivity index (χ1v) is 17.7. The molecule has 0 radical (unpaired) electrons. The van der Waals surface area contributed by atoms with Crippen LogP contribution in [0.4, 0.5) is 0 Å². The van der Waals surface area contributed by atoms with Gasteiger partial charge in [-0.1, -0.05) is 73.7 Å². The number of fused-ring (bicyclic) bond motifs is 1. The average molecular weight is 660 g/mol. The van der Waals surface area contributed by atoms with E-state index in [2.05, 4.69) is 21.5 Å². The van der Waals surface area contributed by atoms with Gasteiger partial charge in [-0.2, -0.15) is 0 Å². The van der Waals surface area contributed by atoms with Crippen LogP contribution in [0.5, 0.6) is 0 Å². The van der Waals surface area contributed by atoms with Crippen LogP contribution in [-0.4, -0.2) is 68.1 Å². The van der Waals surface area contributed by atoms with Crippen molar-refractivity contribution in [3.63, 3.8) is 0 Å². The molecule has 1 spiro atoms. The third-order valence-electron chi connectivity index (χ3n) is 9.60. The van der Waals surface area contributed by atoms with Crippen LogP contribution in [0.15, 0.2) is 90.0 Å². The highest BCUT2D eigenvalue weighted by molar-refractivity contribution is 7.89. The molecule has 3 aromatic carbocycles. The number of pyridine rings is 1. The predicted molar refractivity (Wildman–Crippen MR) is 175 cm³/mol. The molecule has 4 heterocycles. The lowest BCUT2D eigenvalue weighted by Gasteiger charge is -2.44. The minimum absolute atomic E-state index is 0.0130. The van der Waals surface area contributed by atoms with Gasteiger partial charge in [0.2, 0.25) is 10.0 Å². The second-order valence-electron chi connectivity index (χ2n) is 12.6. The topological polar surface area (TPSA) is 119 Å². The van der Waals surface area contributed by atoms with Gasteiger partial charge in [-0.25, -0.2) is 13.1 Å². The number of ether oxygens (including phenoxy) is 4. The van der Waals surface area contributed by atoms with E-state index in [0.29, 0.717) is 18.7 Å². The van der Waals surface area contributed by atoms with Crippen molar-refractivity contribution in [2.24, 2.45) is 5.92 Å². The van der Waals surface area contributed by atoms with Crippen molar-refractivity contribution in [3.05, 3.63) is 107 Å². The summed E-state index contributed by atoms with van der Waals surface area (Å²) in [7, 11) is -3.79. The smallest absolute Gasteiger partial charge is 0.243 e. The van der Waals surface area contributed by atoms with Gasteiger partial charge in [-0.3, -0.25) is 4.98 Å². The molecule has 0 aliphatic carbocycles. The summed E-state index contributed by atoms with van der Waals surface area (Å²) in [5, 5.41) is 10.3. The number of likely N-dealkylation sites (tertiary alicyclic amines) is 1. The van der Waals surface area contributed by atoms with Crippen molar-refractivity contribution >= 4 is 20.9 Å². The maximum Gasteiger partial charge on any atom is 0.243 e. The molecule has 3 aliphatic heterocycles. The maximum absolute atomic E-state index is 13.2. The first-order valence-electron chi connectivity index (χ1n) is 16.3. The quantitative estimate of drug-likeness (QED) is 0.260. The van der Waals surface area contributed by atoms with Crippen LogP contribution in [0.3, 0.4) is 0 Å². The Bertz CT molecular complexity index is 1760. The zero-order valence-electron chi connectivity index (χ0n) is 26.5. The highest BCUT2D eigenvalue weighted by Gasteiger charge is 2.43. The summed E-state index contributed by atoms with van der Waals surface area (Å²) in [5.74, 6) is -0.363. The minimum atomic E-state index is -3.79. The largest absolute Gasteiger partial charge is 0.392 e. The molecule has 3 fully saturated rings. The average Bonchev–Trinajstić information content (AvgIpc) is 3.57. The summed E-state index contributed by atoms with van der Waals surface area (Å²) in [6.07, 6.45) is 2.34. The Labute approximate surface area is 275 Å². The molecule has 0 bridgehead atoms. The summed E-state index contributed by atoms with van der Waals surface area (Å²) >= 11 is 0. The minimum Gasteiger partial charge on any atom is -0.392 e. The van der Waals surface area contributed by atoms with Gasteiger partial charge in [0.15, 0.2) is 12.1 Å². The monoisotopic (exact) mass is 659 g/mol. The molecule has 1 unspecified atom stereocenters. The van der Waals surface area contributed by atoms with E-state index in [9.17, 15) is 13.5 Å². The van der Waals surface area contributed by atoms with E-state index in [-0.39, 0.29) is 36.2 Å². The molecule has 4 aromatic rings. The third kappa shape index (κ3) is 6.99. The fraction of sp³-hybridized carbons (Fsp3) is 0.417. The van der Waals surface area contributed by atoms with Crippen LogP contribution < -0.4 is 4.72 Å². The summed E-state index contributed by atoms with van der Waals surface area (Å²) in [6, 6.07) is 24.3. The van der Waals surface area contributed by atoms with Crippen molar-refractivity contribution in [2.75, 3.05) is 32.8 Å². The lowest BCUT2D eigenvalue weighted by atomic mass is 9.89. The second-order valence-corrected chi connectivity index (χ2v) is 14.4. The molecule has 7 rings (SSSR count). The third-order valence-corrected chi connectivity index (χ3v) is 11.0. The number of nitrogens with one attached hydrogen (secondary N) is 1. The van der Waals surface area contributed by atoms with Crippen LogP contribution in [0.2, 0.25) is 0 Å². The molecule has 1 aromatic heterocycles. The van der Waals surface area contributed by atoms with Crippen LogP contribution in [0.25, 0.3) is 10.9 Å². The number of aliphatic hydroxyl groups excluding tert-OH is 1. The maximum atomic E-state index is 13.2. The number of piperidine rings is 1. The summed E-state index contributed by atoms with van der Waals surface area (Å²) in [6.45, 7) is 6.09. The number of hydrogen-bond acceptors (Lipinski definition) is 9. The number of aliphatic hydroxyl groups is 1. The first kappa shape index (κ1) is 32.3. The van der Waals surface area contributed by atoms with E-state index in [1.165, 1.54) is 0 Å². The molecule has 0 saturated carbocycles. The molecule has 11 heteroatoms.